The molecule has 0 aliphatic heterocycles. The standard InChI is InChI=1S/C10H9F3O/c11-10(12,13)7-3-1-2-6-4-5-8(14)9(6)7/h1-3,8,14H,4-5H2. The van der Waals surface area contributed by atoms with Gasteiger partial charge < -0.3 is 5.11 Å². The Kier molecular flexibility index (Phi) is 2.03. The third-order valence-corrected chi connectivity index (χ3v) is 2.52. The molecule has 1 aromatic rings. The first-order chi connectivity index (χ1) is 6.50. The highest BCUT2D eigenvalue weighted by Gasteiger charge is 2.37. The van der Waals surface area contributed by atoms with E-state index in [4.69, 9.17) is 0 Å². The van der Waals surface area contributed by atoms with Crippen LogP contribution < -0.4 is 0 Å². The topological polar surface area (TPSA) is 20.2 Å². The predicted octanol–water partition coefficient (Wildman–Crippen LogP) is 2.69. The van der Waals surface area contributed by atoms with E-state index in [1.54, 1.807) is 6.07 Å². The summed E-state index contributed by atoms with van der Waals surface area (Å²) in [7, 11) is 0. The lowest BCUT2D eigenvalue weighted by Gasteiger charge is -2.13. The number of aryl methyl sites for hydroxylation is 1. The molecule has 0 saturated carbocycles. The van der Waals surface area contributed by atoms with Crippen LogP contribution in [-0.2, 0) is 12.6 Å². The summed E-state index contributed by atoms with van der Waals surface area (Å²) in [5.74, 6) is 0. The molecule has 1 aliphatic carbocycles. The lowest BCUT2D eigenvalue weighted by molar-refractivity contribution is -0.139. The maximum absolute atomic E-state index is 12.5. The molecule has 76 valence electrons. The van der Waals surface area contributed by atoms with Crippen molar-refractivity contribution in [1.29, 1.82) is 0 Å². The number of hydrogen-bond acceptors (Lipinski definition) is 1. The summed E-state index contributed by atoms with van der Waals surface area (Å²) in [5.41, 5.74) is -0.00711. The lowest BCUT2D eigenvalue weighted by Crippen LogP contribution is -2.10. The summed E-state index contributed by atoms with van der Waals surface area (Å²) in [6, 6.07) is 4.05. The molecule has 1 aromatic carbocycles. The van der Waals surface area contributed by atoms with Crippen LogP contribution in [0.4, 0.5) is 13.2 Å². The van der Waals surface area contributed by atoms with Gasteiger partial charge in [-0.25, -0.2) is 0 Å². The fraction of sp³-hybridized carbons (Fsp3) is 0.400. The zero-order chi connectivity index (χ0) is 10.3. The molecule has 0 amide bonds. The van der Waals surface area contributed by atoms with Crippen molar-refractivity contribution >= 4 is 0 Å². The van der Waals surface area contributed by atoms with Gasteiger partial charge in [0, 0.05) is 0 Å². The van der Waals surface area contributed by atoms with Gasteiger partial charge >= 0.3 is 6.18 Å². The Hall–Kier alpha value is -1.03. The summed E-state index contributed by atoms with van der Waals surface area (Å²) in [4.78, 5) is 0. The fourth-order valence-electron chi connectivity index (χ4n) is 1.91. The summed E-state index contributed by atoms with van der Waals surface area (Å²) < 4.78 is 37.5. The maximum Gasteiger partial charge on any atom is 0.416 e. The third kappa shape index (κ3) is 1.39. The monoisotopic (exact) mass is 202 g/mol. The van der Waals surface area contributed by atoms with Gasteiger partial charge in [0.15, 0.2) is 0 Å². The van der Waals surface area contributed by atoms with E-state index in [0.29, 0.717) is 18.4 Å². The molecule has 0 spiro atoms. The van der Waals surface area contributed by atoms with Gasteiger partial charge in [0.05, 0.1) is 11.7 Å². The molecule has 14 heavy (non-hydrogen) atoms. The van der Waals surface area contributed by atoms with Gasteiger partial charge in [-0.3, -0.25) is 0 Å². The van der Waals surface area contributed by atoms with Crippen LogP contribution in [-0.4, -0.2) is 5.11 Å². The van der Waals surface area contributed by atoms with Gasteiger partial charge in [-0.05, 0) is 30.0 Å². The van der Waals surface area contributed by atoms with Crippen LogP contribution in [0.2, 0.25) is 0 Å². The maximum atomic E-state index is 12.5. The summed E-state index contributed by atoms with van der Waals surface area (Å²) in [6.07, 6.45) is -4.40. The van der Waals surface area contributed by atoms with Gasteiger partial charge in [0.25, 0.3) is 0 Å². The van der Waals surface area contributed by atoms with E-state index in [2.05, 4.69) is 0 Å². The second-order valence-electron chi connectivity index (χ2n) is 3.43. The van der Waals surface area contributed by atoms with E-state index < -0.39 is 17.8 Å². The fourth-order valence-corrected chi connectivity index (χ4v) is 1.91. The van der Waals surface area contributed by atoms with Gasteiger partial charge in [-0.2, -0.15) is 13.2 Å². The first-order valence-corrected chi connectivity index (χ1v) is 4.37. The molecule has 1 unspecified atom stereocenters. The van der Waals surface area contributed by atoms with E-state index in [0.717, 1.165) is 6.07 Å². The second kappa shape index (κ2) is 2.98. The minimum Gasteiger partial charge on any atom is -0.388 e. The van der Waals surface area contributed by atoms with Crippen molar-refractivity contribution < 1.29 is 18.3 Å². The highest BCUT2D eigenvalue weighted by molar-refractivity contribution is 5.41. The van der Waals surface area contributed by atoms with Crippen LogP contribution >= 0.6 is 0 Å². The molecule has 0 radical (unpaired) electrons. The Balaban J connectivity index is 2.58. The van der Waals surface area contributed by atoms with Gasteiger partial charge in [-0.15, -0.1) is 0 Å². The minimum absolute atomic E-state index is 0.0694. The van der Waals surface area contributed by atoms with E-state index >= 15 is 0 Å². The minimum atomic E-state index is -4.36. The van der Waals surface area contributed by atoms with Crippen LogP contribution in [0.25, 0.3) is 0 Å². The Morgan fingerprint density at radius 3 is 2.64 bits per heavy atom. The Morgan fingerprint density at radius 1 is 1.29 bits per heavy atom. The van der Waals surface area contributed by atoms with Crippen molar-refractivity contribution in [3.05, 3.63) is 34.9 Å². The smallest absolute Gasteiger partial charge is 0.388 e. The number of halogens is 3. The Labute approximate surface area is 79.2 Å². The number of aliphatic hydroxyl groups is 1. The highest BCUT2D eigenvalue weighted by Crippen LogP contribution is 2.41. The second-order valence-corrected chi connectivity index (χ2v) is 3.43. The molecule has 0 saturated heterocycles. The summed E-state index contributed by atoms with van der Waals surface area (Å²) >= 11 is 0. The SMILES string of the molecule is OC1CCc2cccc(C(F)(F)F)c21. The zero-order valence-electron chi connectivity index (χ0n) is 7.30. The first-order valence-electron chi connectivity index (χ1n) is 4.37. The third-order valence-electron chi connectivity index (χ3n) is 2.52. The Bertz CT molecular complexity index is 357. The highest BCUT2D eigenvalue weighted by atomic mass is 19.4. The van der Waals surface area contributed by atoms with Crippen LogP contribution in [0.15, 0.2) is 18.2 Å². The molecule has 4 heteroatoms. The van der Waals surface area contributed by atoms with Crippen LogP contribution in [0.3, 0.4) is 0 Å². The van der Waals surface area contributed by atoms with Crippen molar-refractivity contribution in [1.82, 2.24) is 0 Å². The number of fused-ring (bicyclic) bond motifs is 1. The summed E-state index contributed by atoms with van der Waals surface area (Å²) in [5, 5.41) is 9.43. The lowest BCUT2D eigenvalue weighted by atomic mass is 10.0. The first kappa shape index (κ1) is 9.52. The van der Waals surface area contributed by atoms with Crippen molar-refractivity contribution in [3.63, 3.8) is 0 Å². The van der Waals surface area contributed by atoms with E-state index in [9.17, 15) is 18.3 Å². The molecule has 0 aromatic heterocycles. The molecule has 1 atom stereocenters. The van der Waals surface area contributed by atoms with Crippen LogP contribution in [0.1, 0.15) is 29.2 Å². The summed E-state index contributed by atoms with van der Waals surface area (Å²) in [6.45, 7) is 0. The number of aliphatic hydroxyl groups excluding tert-OH is 1. The average Bonchev–Trinajstić information content (AvgIpc) is 2.46. The molecule has 0 heterocycles. The molecular formula is C10H9F3O. The van der Waals surface area contributed by atoms with Gasteiger partial charge in [-0.1, -0.05) is 12.1 Å². The quantitative estimate of drug-likeness (QED) is 0.685. The van der Waals surface area contributed by atoms with Gasteiger partial charge in [0.1, 0.15) is 0 Å². The molecule has 1 N–H and O–H groups in total. The van der Waals surface area contributed by atoms with Crippen molar-refractivity contribution in [2.45, 2.75) is 25.1 Å². The van der Waals surface area contributed by atoms with E-state index in [1.165, 1.54) is 6.07 Å². The van der Waals surface area contributed by atoms with Crippen molar-refractivity contribution in [2.75, 3.05) is 0 Å². The number of rotatable bonds is 0. The molecule has 0 bridgehead atoms. The molecular weight excluding hydrogens is 193 g/mol. The van der Waals surface area contributed by atoms with E-state index in [-0.39, 0.29) is 5.56 Å². The molecule has 2 rings (SSSR count). The average molecular weight is 202 g/mol. The molecule has 0 fully saturated rings. The molecule has 1 aliphatic rings. The number of alkyl halides is 3. The number of hydrogen-bond donors (Lipinski definition) is 1. The normalized spacial score (nSPS) is 21.0. The zero-order valence-corrected chi connectivity index (χ0v) is 7.30. The van der Waals surface area contributed by atoms with Crippen LogP contribution in [0.5, 0.6) is 0 Å². The van der Waals surface area contributed by atoms with Crippen molar-refractivity contribution in [2.24, 2.45) is 0 Å². The van der Waals surface area contributed by atoms with Crippen LogP contribution in [0, 0.1) is 0 Å². The van der Waals surface area contributed by atoms with E-state index in [1.807, 2.05) is 0 Å². The molecule has 1 nitrogen and oxygen atoms in total. The van der Waals surface area contributed by atoms with Crippen molar-refractivity contribution in [3.8, 4) is 0 Å². The Morgan fingerprint density at radius 2 is 2.00 bits per heavy atom. The largest absolute Gasteiger partial charge is 0.416 e. The number of benzene rings is 1. The predicted molar refractivity (Wildman–Crippen MR) is 44.7 cm³/mol. The van der Waals surface area contributed by atoms with Gasteiger partial charge in [0.2, 0.25) is 0 Å².